The lowest BCUT2D eigenvalue weighted by atomic mass is 9.82. The number of phenols is 1. The Kier molecular flexibility index (Phi) is 2.49. The van der Waals surface area contributed by atoms with Crippen LogP contribution in [0, 0.1) is 12.8 Å². The molecule has 110 valence electrons. The highest BCUT2D eigenvalue weighted by Gasteiger charge is 2.40. The number of fused-ring (bicyclic) bond motifs is 4. The van der Waals surface area contributed by atoms with Crippen LogP contribution >= 0.6 is 0 Å². The third-order valence-corrected chi connectivity index (χ3v) is 4.46. The van der Waals surface area contributed by atoms with Gasteiger partial charge >= 0.3 is 0 Å². The van der Waals surface area contributed by atoms with Crippen molar-refractivity contribution in [2.24, 2.45) is 5.92 Å². The predicted octanol–water partition coefficient (Wildman–Crippen LogP) is 3.00. The van der Waals surface area contributed by atoms with E-state index in [1.54, 1.807) is 6.07 Å². The average molecular weight is 294 g/mol. The van der Waals surface area contributed by atoms with Gasteiger partial charge in [-0.05, 0) is 41.5 Å². The molecule has 4 rings (SSSR count). The summed E-state index contributed by atoms with van der Waals surface area (Å²) in [6.45, 7) is 4.16. The van der Waals surface area contributed by atoms with Crippen molar-refractivity contribution < 1.29 is 19.4 Å². The molecule has 0 aromatic heterocycles. The van der Waals surface area contributed by atoms with Crippen LogP contribution in [-0.2, 0) is 9.53 Å². The summed E-state index contributed by atoms with van der Waals surface area (Å²) in [6.07, 6.45) is 0. The number of ether oxygens (including phenoxy) is 1. The molecule has 1 atom stereocenters. The zero-order valence-electron chi connectivity index (χ0n) is 12.3. The summed E-state index contributed by atoms with van der Waals surface area (Å²) in [7, 11) is 0. The lowest BCUT2D eigenvalue weighted by Crippen LogP contribution is -2.25. The van der Waals surface area contributed by atoms with E-state index in [9.17, 15) is 14.7 Å². The highest BCUT2D eigenvalue weighted by molar-refractivity contribution is 6.54. The van der Waals surface area contributed by atoms with Crippen molar-refractivity contribution in [3.05, 3.63) is 46.5 Å². The number of phenolic OH excluding ortho intramolecular Hbond substituents is 1. The van der Waals surface area contributed by atoms with Gasteiger partial charge in [0.2, 0.25) is 11.6 Å². The van der Waals surface area contributed by atoms with Crippen LogP contribution in [0.5, 0.6) is 5.75 Å². The Labute approximate surface area is 127 Å². The SMILES string of the molecule is Cc1cc(O)cc2c3c(ccc12)C1=C(C(=O)C3=O)C(C)CO1. The number of hydrogen-bond donors (Lipinski definition) is 1. The number of aromatic hydroxyl groups is 1. The van der Waals surface area contributed by atoms with Crippen LogP contribution in [0.2, 0.25) is 0 Å². The molecule has 1 aliphatic heterocycles. The molecule has 1 aliphatic carbocycles. The maximum absolute atomic E-state index is 12.6. The molecule has 2 aromatic carbocycles. The van der Waals surface area contributed by atoms with Crippen molar-refractivity contribution in [2.45, 2.75) is 13.8 Å². The van der Waals surface area contributed by atoms with E-state index in [0.717, 1.165) is 10.9 Å². The molecule has 4 heteroatoms. The molecule has 1 heterocycles. The summed E-state index contributed by atoms with van der Waals surface area (Å²) in [6, 6.07) is 6.92. The van der Waals surface area contributed by atoms with Gasteiger partial charge in [-0.2, -0.15) is 0 Å². The Bertz CT molecular complexity index is 905. The van der Waals surface area contributed by atoms with Gasteiger partial charge in [0.05, 0.1) is 12.2 Å². The molecule has 4 nitrogen and oxygen atoms in total. The summed E-state index contributed by atoms with van der Waals surface area (Å²) < 4.78 is 5.67. The van der Waals surface area contributed by atoms with Crippen LogP contribution in [0.4, 0.5) is 0 Å². The van der Waals surface area contributed by atoms with E-state index in [-0.39, 0.29) is 11.7 Å². The van der Waals surface area contributed by atoms with Crippen LogP contribution in [0.3, 0.4) is 0 Å². The summed E-state index contributed by atoms with van der Waals surface area (Å²) >= 11 is 0. The number of benzene rings is 2. The Morgan fingerprint density at radius 2 is 1.91 bits per heavy atom. The second-order valence-electron chi connectivity index (χ2n) is 5.96. The minimum absolute atomic E-state index is 0.0683. The lowest BCUT2D eigenvalue weighted by Gasteiger charge is -2.19. The third-order valence-electron chi connectivity index (χ3n) is 4.46. The molecule has 0 saturated carbocycles. The minimum Gasteiger partial charge on any atom is -0.508 e. The van der Waals surface area contributed by atoms with Crippen LogP contribution in [0.25, 0.3) is 16.5 Å². The van der Waals surface area contributed by atoms with Gasteiger partial charge in [-0.3, -0.25) is 9.59 Å². The fourth-order valence-electron chi connectivity index (χ4n) is 3.42. The van der Waals surface area contributed by atoms with Crippen molar-refractivity contribution in [3.63, 3.8) is 0 Å². The minimum atomic E-state index is -0.512. The van der Waals surface area contributed by atoms with Crippen molar-refractivity contribution >= 4 is 28.1 Å². The lowest BCUT2D eigenvalue weighted by molar-refractivity contribution is -0.112. The van der Waals surface area contributed by atoms with E-state index in [1.165, 1.54) is 6.07 Å². The molecular formula is C18H14O4. The molecular weight excluding hydrogens is 280 g/mol. The van der Waals surface area contributed by atoms with Gasteiger partial charge in [-0.1, -0.05) is 13.0 Å². The smallest absolute Gasteiger partial charge is 0.234 e. The Balaban J connectivity index is 2.14. The van der Waals surface area contributed by atoms with Gasteiger partial charge in [0.15, 0.2) is 0 Å². The van der Waals surface area contributed by atoms with Crippen LogP contribution < -0.4 is 0 Å². The predicted molar refractivity (Wildman–Crippen MR) is 81.7 cm³/mol. The molecule has 0 fully saturated rings. The molecule has 1 N–H and O–H groups in total. The van der Waals surface area contributed by atoms with Gasteiger partial charge in [0, 0.05) is 17.0 Å². The van der Waals surface area contributed by atoms with E-state index in [1.807, 2.05) is 26.0 Å². The first-order valence-electron chi connectivity index (χ1n) is 7.21. The van der Waals surface area contributed by atoms with Crippen LogP contribution in [-0.4, -0.2) is 23.3 Å². The molecule has 1 unspecified atom stereocenters. The molecule has 0 spiro atoms. The second-order valence-corrected chi connectivity index (χ2v) is 5.96. The molecule has 0 amide bonds. The van der Waals surface area contributed by atoms with Gasteiger partial charge in [0.1, 0.15) is 11.5 Å². The third kappa shape index (κ3) is 1.52. The number of hydrogen-bond acceptors (Lipinski definition) is 4. The molecule has 0 bridgehead atoms. The first-order chi connectivity index (χ1) is 10.5. The van der Waals surface area contributed by atoms with Crippen molar-refractivity contribution in [1.29, 1.82) is 0 Å². The molecule has 22 heavy (non-hydrogen) atoms. The van der Waals surface area contributed by atoms with Gasteiger partial charge in [0.25, 0.3) is 0 Å². The maximum Gasteiger partial charge on any atom is 0.234 e. The molecule has 2 aliphatic rings. The largest absolute Gasteiger partial charge is 0.508 e. The normalized spacial score (nSPS) is 20.2. The van der Waals surface area contributed by atoms with E-state index in [0.29, 0.717) is 34.5 Å². The Morgan fingerprint density at radius 1 is 1.14 bits per heavy atom. The maximum atomic E-state index is 12.6. The molecule has 0 radical (unpaired) electrons. The van der Waals surface area contributed by atoms with Crippen LogP contribution in [0.15, 0.2) is 29.8 Å². The zero-order valence-corrected chi connectivity index (χ0v) is 12.3. The highest BCUT2D eigenvalue weighted by atomic mass is 16.5. The number of carbonyl (C=O) groups is 2. The first-order valence-corrected chi connectivity index (χ1v) is 7.21. The standard InChI is InChI=1S/C18H14O4/c1-8-5-10(19)6-13-11(8)3-4-12-15(13)17(21)16(20)14-9(2)7-22-18(12)14/h3-6,9,19H,7H2,1-2H3. The van der Waals surface area contributed by atoms with E-state index in [4.69, 9.17) is 4.74 Å². The first kappa shape index (κ1) is 13.1. The number of carbonyl (C=O) groups excluding carboxylic acids is 2. The topological polar surface area (TPSA) is 63.6 Å². The number of ketones is 2. The van der Waals surface area contributed by atoms with E-state index >= 15 is 0 Å². The fourth-order valence-corrected chi connectivity index (χ4v) is 3.42. The van der Waals surface area contributed by atoms with Crippen molar-refractivity contribution in [3.8, 4) is 5.75 Å². The average Bonchev–Trinajstić information content (AvgIpc) is 2.85. The van der Waals surface area contributed by atoms with Crippen LogP contribution in [0.1, 0.15) is 28.4 Å². The number of rotatable bonds is 0. The Hall–Kier alpha value is -2.62. The van der Waals surface area contributed by atoms with Gasteiger partial charge in [-0.25, -0.2) is 0 Å². The van der Waals surface area contributed by atoms with E-state index < -0.39 is 11.6 Å². The zero-order chi connectivity index (χ0) is 15.6. The monoisotopic (exact) mass is 294 g/mol. The van der Waals surface area contributed by atoms with Gasteiger partial charge < -0.3 is 9.84 Å². The Morgan fingerprint density at radius 3 is 2.68 bits per heavy atom. The summed E-state index contributed by atoms with van der Waals surface area (Å²) in [5, 5.41) is 11.3. The second kappa shape index (κ2) is 4.19. The summed E-state index contributed by atoms with van der Waals surface area (Å²) in [5.74, 6) is -0.460. The van der Waals surface area contributed by atoms with Crippen molar-refractivity contribution in [2.75, 3.05) is 6.61 Å². The number of aryl methyl sites for hydroxylation is 1. The summed E-state index contributed by atoms with van der Waals surface area (Å²) in [4.78, 5) is 25.1. The molecule has 0 saturated heterocycles. The van der Waals surface area contributed by atoms with Gasteiger partial charge in [-0.15, -0.1) is 0 Å². The quantitative estimate of drug-likeness (QED) is 0.759. The molecule has 2 aromatic rings. The fraction of sp³-hybridized carbons (Fsp3) is 0.222. The van der Waals surface area contributed by atoms with Crippen molar-refractivity contribution in [1.82, 2.24) is 0 Å². The summed E-state index contributed by atoms with van der Waals surface area (Å²) in [5.41, 5.74) is 2.34. The highest BCUT2D eigenvalue weighted by Crippen LogP contribution is 2.42. The van der Waals surface area contributed by atoms with E-state index in [2.05, 4.69) is 0 Å². The number of Topliss-reactive ketones (excluding diaryl/α,β-unsaturated/α-hetero) is 2.